The number of amides is 2. The second-order valence-electron chi connectivity index (χ2n) is 12.0. The summed E-state index contributed by atoms with van der Waals surface area (Å²) >= 11 is 0. The van der Waals surface area contributed by atoms with Crippen LogP contribution in [-0.2, 0) is 35.0 Å². The number of nitrogens with zero attached hydrogens (tertiary/aromatic N) is 2. The molecule has 0 aliphatic carbocycles. The Morgan fingerprint density at radius 1 is 0.918 bits per heavy atom. The van der Waals surface area contributed by atoms with Gasteiger partial charge >= 0.3 is 18.4 Å². The first-order valence-corrected chi connectivity index (χ1v) is 15.9. The van der Waals surface area contributed by atoms with E-state index in [1.54, 1.807) is 11.0 Å². The van der Waals surface area contributed by atoms with Crippen LogP contribution in [-0.4, -0.2) is 54.1 Å². The predicted octanol–water partition coefficient (Wildman–Crippen LogP) is 8.33. The third-order valence-electron chi connectivity index (χ3n) is 8.30. The Hall–Kier alpha value is -4.39. The Labute approximate surface area is 280 Å². The lowest BCUT2D eigenvalue weighted by atomic mass is 9.92. The first kappa shape index (κ1) is 37.4. The van der Waals surface area contributed by atoms with Crippen molar-refractivity contribution in [1.82, 2.24) is 15.1 Å². The summed E-state index contributed by atoms with van der Waals surface area (Å²) in [4.78, 5) is 29.9. The Morgan fingerprint density at radius 3 is 2.10 bits per heavy atom. The molecular weight excluding hydrogens is 655 g/mol. The molecule has 1 N–H and O–H groups in total. The summed E-state index contributed by atoms with van der Waals surface area (Å²) in [7, 11) is 0. The van der Waals surface area contributed by atoms with Crippen molar-refractivity contribution in [3.8, 4) is 0 Å². The van der Waals surface area contributed by atoms with E-state index in [0.29, 0.717) is 76.1 Å². The summed E-state index contributed by atoms with van der Waals surface area (Å²) in [5, 5.41) is 2.48. The van der Waals surface area contributed by atoms with Gasteiger partial charge in [-0.3, -0.25) is 4.79 Å². The zero-order valence-corrected chi connectivity index (χ0v) is 26.7. The van der Waals surface area contributed by atoms with Gasteiger partial charge < -0.3 is 19.9 Å². The van der Waals surface area contributed by atoms with Crippen LogP contribution in [0, 0.1) is 5.82 Å². The van der Waals surface area contributed by atoms with Gasteiger partial charge in [0.25, 0.3) is 0 Å². The van der Waals surface area contributed by atoms with E-state index in [-0.39, 0.29) is 17.7 Å². The molecule has 3 aromatic rings. The Kier molecular flexibility index (Phi) is 12.8. The van der Waals surface area contributed by atoms with E-state index in [2.05, 4.69) is 16.8 Å². The number of hydrogen-bond donors (Lipinski definition) is 1. The van der Waals surface area contributed by atoms with Gasteiger partial charge in [0.15, 0.2) is 0 Å². The van der Waals surface area contributed by atoms with Crippen molar-refractivity contribution in [1.29, 1.82) is 0 Å². The molecule has 4 rings (SSSR count). The molecule has 264 valence electrons. The number of hydrogen-bond acceptors (Lipinski definition) is 4. The Morgan fingerprint density at radius 2 is 1.53 bits per heavy atom. The third-order valence-corrected chi connectivity index (χ3v) is 8.30. The Balaban J connectivity index is 1.32. The number of carbonyl (C=O) groups is 2. The number of carbonyl (C=O) groups excluding carboxylic acids is 2. The molecule has 1 atom stereocenters. The number of nitrogens with one attached hydrogen (secondary N) is 1. The highest BCUT2D eigenvalue weighted by Crippen LogP contribution is 2.36. The van der Waals surface area contributed by atoms with Crippen LogP contribution in [0.3, 0.4) is 0 Å². The minimum absolute atomic E-state index is 0.0308. The van der Waals surface area contributed by atoms with Gasteiger partial charge in [0.1, 0.15) is 11.9 Å². The molecule has 3 aromatic carbocycles. The van der Waals surface area contributed by atoms with Crippen LogP contribution in [0.1, 0.15) is 59.4 Å². The third kappa shape index (κ3) is 11.3. The minimum Gasteiger partial charge on any atom is -0.446 e. The van der Waals surface area contributed by atoms with Gasteiger partial charge in [0.05, 0.1) is 17.0 Å². The SMILES string of the molecule is C=CCN(Cc1ccccc1)C(=O)OC1CCN(CCC[C@H](C(=O)NCc2cc(C(F)(F)F)cc(C(F)(F)F)c2)c2ccc(F)cc2)CC1. The van der Waals surface area contributed by atoms with Crippen LogP contribution in [0.25, 0.3) is 0 Å². The lowest BCUT2D eigenvalue weighted by Gasteiger charge is -2.33. The molecule has 0 spiro atoms. The number of benzene rings is 3. The highest BCUT2D eigenvalue weighted by molar-refractivity contribution is 5.83. The highest BCUT2D eigenvalue weighted by Gasteiger charge is 2.37. The maximum Gasteiger partial charge on any atom is 0.416 e. The topological polar surface area (TPSA) is 61.9 Å². The van der Waals surface area contributed by atoms with E-state index in [9.17, 15) is 40.3 Å². The van der Waals surface area contributed by atoms with Crippen LogP contribution < -0.4 is 5.32 Å². The van der Waals surface area contributed by atoms with Gasteiger partial charge in [-0.05, 0) is 79.3 Å². The maximum absolute atomic E-state index is 13.6. The second-order valence-corrected chi connectivity index (χ2v) is 12.0. The van der Waals surface area contributed by atoms with E-state index in [1.807, 2.05) is 30.3 Å². The molecule has 1 fully saturated rings. The lowest BCUT2D eigenvalue weighted by molar-refractivity contribution is -0.143. The molecule has 0 radical (unpaired) electrons. The van der Waals surface area contributed by atoms with Crippen molar-refractivity contribution in [2.45, 2.75) is 63.1 Å². The fraction of sp³-hybridized carbons (Fsp3) is 0.389. The van der Waals surface area contributed by atoms with Crippen molar-refractivity contribution >= 4 is 12.0 Å². The first-order chi connectivity index (χ1) is 23.2. The molecule has 1 aliphatic heterocycles. The summed E-state index contributed by atoms with van der Waals surface area (Å²) in [5.74, 6) is -1.96. The standard InChI is InChI=1S/C36H38F7N3O3/c1-2-16-46(24-25-7-4-3-5-8-25)34(48)49-31-14-18-45(19-15-31)17-6-9-32(27-10-12-30(37)13-11-27)33(47)44-23-26-20-28(35(38,39)40)22-29(21-26)36(41,42)43/h2-5,7-8,10-13,20-22,31-32H,1,6,9,14-19,23-24H2,(H,44,47)/t32-/m0/s1. The van der Waals surface area contributed by atoms with E-state index in [0.717, 1.165) is 5.56 Å². The number of rotatable bonds is 13. The van der Waals surface area contributed by atoms with E-state index in [4.69, 9.17) is 4.74 Å². The van der Waals surface area contributed by atoms with Gasteiger partial charge in [-0.1, -0.05) is 48.5 Å². The van der Waals surface area contributed by atoms with Crippen LogP contribution >= 0.6 is 0 Å². The minimum atomic E-state index is -5.01. The smallest absolute Gasteiger partial charge is 0.416 e. The fourth-order valence-corrected chi connectivity index (χ4v) is 5.73. The predicted molar refractivity (Wildman–Crippen MR) is 170 cm³/mol. The fourth-order valence-electron chi connectivity index (χ4n) is 5.73. The lowest BCUT2D eigenvalue weighted by Crippen LogP contribution is -2.41. The molecule has 0 aromatic heterocycles. The number of ether oxygens (including phenoxy) is 1. The van der Waals surface area contributed by atoms with Crippen molar-refractivity contribution in [3.63, 3.8) is 0 Å². The monoisotopic (exact) mass is 693 g/mol. The molecule has 1 saturated heterocycles. The van der Waals surface area contributed by atoms with Crippen molar-refractivity contribution in [3.05, 3.63) is 119 Å². The number of alkyl halides is 6. The summed E-state index contributed by atoms with van der Waals surface area (Å²) in [5.41, 5.74) is -1.87. The largest absolute Gasteiger partial charge is 0.446 e. The van der Waals surface area contributed by atoms with Gasteiger partial charge in [-0.25, -0.2) is 9.18 Å². The number of piperidine rings is 1. The van der Waals surface area contributed by atoms with Gasteiger partial charge in [0.2, 0.25) is 5.91 Å². The molecule has 1 heterocycles. The molecule has 0 unspecified atom stereocenters. The first-order valence-electron chi connectivity index (χ1n) is 15.9. The van der Waals surface area contributed by atoms with E-state index >= 15 is 0 Å². The van der Waals surface area contributed by atoms with Crippen LogP contribution in [0.2, 0.25) is 0 Å². The highest BCUT2D eigenvalue weighted by atomic mass is 19.4. The molecule has 6 nitrogen and oxygen atoms in total. The van der Waals surface area contributed by atoms with Gasteiger partial charge in [0, 0.05) is 32.7 Å². The normalized spacial score (nSPS) is 15.0. The summed E-state index contributed by atoms with van der Waals surface area (Å²) in [6, 6.07) is 15.9. The van der Waals surface area contributed by atoms with Crippen molar-refractivity contribution < 1.29 is 45.1 Å². The molecule has 13 heteroatoms. The van der Waals surface area contributed by atoms with Crippen molar-refractivity contribution in [2.24, 2.45) is 0 Å². The molecule has 49 heavy (non-hydrogen) atoms. The van der Waals surface area contributed by atoms with Crippen molar-refractivity contribution in [2.75, 3.05) is 26.2 Å². The average Bonchev–Trinajstić information content (AvgIpc) is 3.06. The van der Waals surface area contributed by atoms with E-state index < -0.39 is 53.8 Å². The quantitative estimate of drug-likeness (QED) is 0.145. The number of likely N-dealkylation sites (tertiary alicyclic amines) is 1. The second kappa shape index (κ2) is 16.8. The number of halogens is 7. The van der Waals surface area contributed by atoms with Crippen LogP contribution in [0.5, 0.6) is 0 Å². The molecular formula is C36H38F7N3O3. The van der Waals surface area contributed by atoms with E-state index in [1.165, 1.54) is 24.3 Å². The zero-order valence-electron chi connectivity index (χ0n) is 26.7. The van der Waals surface area contributed by atoms with Crippen LogP contribution in [0.15, 0.2) is 85.5 Å². The van der Waals surface area contributed by atoms with Gasteiger partial charge in [-0.2, -0.15) is 26.3 Å². The molecule has 2 amide bonds. The summed E-state index contributed by atoms with van der Waals surface area (Å²) in [6.45, 7) is 5.76. The molecule has 0 bridgehead atoms. The molecule has 0 saturated carbocycles. The zero-order chi connectivity index (χ0) is 35.6. The van der Waals surface area contributed by atoms with Gasteiger partial charge in [-0.15, -0.1) is 6.58 Å². The van der Waals surface area contributed by atoms with Crippen LogP contribution in [0.4, 0.5) is 35.5 Å². The summed E-state index contributed by atoms with van der Waals surface area (Å²) < 4.78 is 99.3. The summed E-state index contributed by atoms with van der Waals surface area (Å²) in [6.07, 6.45) is -7.04. The Bertz CT molecular complexity index is 1510. The maximum atomic E-state index is 13.6. The average molecular weight is 694 g/mol. The molecule has 1 aliphatic rings.